The average Bonchev–Trinajstić information content (AvgIpc) is 2.61. The van der Waals surface area contributed by atoms with Crippen molar-refractivity contribution in [1.29, 1.82) is 0 Å². The number of aliphatic hydroxyl groups is 2. The van der Waals surface area contributed by atoms with Crippen molar-refractivity contribution >= 4 is 23.8 Å². The lowest BCUT2D eigenvalue weighted by atomic mass is 10.2. The summed E-state index contributed by atoms with van der Waals surface area (Å²) in [5.74, 6) is 0. The van der Waals surface area contributed by atoms with E-state index in [1.54, 1.807) is 30.6 Å². The van der Waals surface area contributed by atoms with Crippen LogP contribution in [0.25, 0.3) is 0 Å². The summed E-state index contributed by atoms with van der Waals surface area (Å²) >= 11 is 0. The molecule has 0 spiro atoms. The van der Waals surface area contributed by atoms with Crippen molar-refractivity contribution in [2.75, 3.05) is 50.3 Å². The van der Waals surface area contributed by atoms with Gasteiger partial charge in [-0.2, -0.15) is 5.10 Å². The van der Waals surface area contributed by atoms with Crippen LogP contribution in [0.3, 0.4) is 0 Å². The van der Waals surface area contributed by atoms with E-state index in [0.29, 0.717) is 13.1 Å². The van der Waals surface area contributed by atoms with Gasteiger partial charge in [-0.15, -0.1) is 0 Å². The van der Waals surface area contributed by atoms with Gasteiger partial charge in [0.25, 0.3) is 0 Å². The summed E-state index contributed by atoms with van der Waals surface area (Å²) in [6, 6.07) is 7.78. The lowest BCUT2D eigenvalue weighted by Gasteiger charge is -2.23. The molecule has 130 valence electrons. The zero-order valence-corrected chi connectivity index (χ0v) is 14.3. The Hall–Kier alpha value is -2.44. The molecule has 0 saturated carbocycles. The number of benzene rings is 1. The quantitative estimate of drug-likeness (QED) is 0.389. The Morgan fingerprint density at radius 1 is 1.12 bits per heavy atom. The first-order valence-corrected chi connectivity index (χ1v) is 7.75. The van der Waals surface area contributed by atoms with E-state index in [2.05, 4.69) is 16.7 Å². The van der Waals surface area contributed by atoms with Crippen LogP contribution < -0.4 is 9.91 Å². The molecule has 24 heavy (non-hydrogen) atoms. The number of aliphatic hydroxyl groups excluding tert-OH is 2. The first-order chi connectivity index (χ1) is 11.7. The van der Waals surface area contributed by atoms with Crippen LogP contribution in [-0.2, 0) is 0 Å². The van der Waals surface area contributed by atoms with Crippen LogP contribution in [0.15, 0.2) is 58.7 Å². The topological polar surface area (TPSA) is 71.7 Å². The molecule has 1 aromatic carbocycles. The van der Waals surface area contributed by atoms with E-state index in [1.807, 2.05) is 42.3 Å². The van der Waals surface area contributed by atoms with Gasteiger partial charge in [0.2, 0.25) is 0 Å². The van der Waals surface area contributed by atoms with E-state index < -0.39 is 0 Å². The molecule has 6 heteroatoms. The SMILES string of the molecule is C=CC(/C=N/N(C)c1ccc(N(CCO)CCO)cc1)=C\C=NC. The van der Waals surface area contributed by atoms with Gasteiger partial charge in [-0.05, 0) is 35.9 Å². The molecule has 1 aromatic rings. The molecule has 0 aliphatic rings. The largest absolute Gasteiger partial charge is 0.395 e. The van der Waals surface area contributed by atoms with Gasteiger partial charge in [0.05, 0.1) is 25.1 Å². The van der Waals surface area contributed by atoms with Crippen LogP contribution in [-0.4, -0.2) is 63.0 Å². The highest BCUT2D eigenvalue weighted by atomic mass is 16.3. The summed E-state index contributed by atoms with van der Waals surface area (Å²) in [6.45, 7) is 4.81. The summed E-state index contributed by atoms with van der Waals surface area (Å²) in [5.41, 5.74) is 2.74. The molecule has 0 saturated heterocycles. The van der Waals surface area contributed by atoms with E-state index in [4.69, 9.17) is 10.2 Å². The molecular formula is C18H26N4O2. The maximum atomic E-state index is 9.10. The monoisotopic (exact) mass is 330 g/mol. The molecular weight excluding hydrogens is 304 g/mol. The molecule has 0 fully saturated rings. The minimum atomic E-state index is 0.0453. The van der Waals surface area contributed by atoms with E-state index in [9.17, 15) is 0 Å². The first-order valence-electron chi connectivity index (χ1n) is 7.75. The van der Waals surface area contributed by atoms with Gasteiger partial charge in [-0.3, -0.25) is 10.0 Å². The smallest absolute Gasteiger partial charge is 0.0606 e. The Labute approximate surface area is 143 Å². The average molecular weight is 330 g/mol. The first kappa shape index (κ1) is 19.6. The van der Waals surface area contributed by atoms with Crippen molar-refractivity contribution in [3.05, 3.63) is 48.6 Å². The summed E-state index contributed by atoms with van der Waals surface area (Å²) in [6.07, 6.45) is 6.94. The highest BCUT2D eigenvalue weighted by Crippen LogP contribution is 2.20. The second-order valence-electron chi connectivity index (χ2n) is 5.00. The van der Waals surface area contributed by atoms with Crippen molar-refractivity contribution in [1.82, 2.24) is 0 Å². The molecule has 6 nitrogen and oxygen atoms in total. The van der Waals surface area contributed by atoms with Crippen LogP contribution in [0.2, 0.25) is 0 Å². The summed E-state index contributed by atoms with van der Waals surface area (Å²) in [4.78, 5) is 5.83. The predicted octanol–water partition coefficient (Wildman–Crippen LogP) is 1.71. The molecule has 2 N–H and O–H groups in total. The van der Waals surface area contributed by atoms with E-state index >= 15 is 0 Å². The van der Waals surface area contributed by atoms with Crippen molar-refractivity contribution in [2.24, 2.45) is 10.1 Å². The second-order valence-corrected chi connectivity index (χ2v) is 5.00. The Morgan fingerprint density at radius 2 is 1.71 bits per heavy atom. The molecule has 0 atom stereocenters. The fraction of sp³-hybridized carbons (Fsp3) is 0.333. The van der Waals surface area contributed by atoms with Gasteiger partial charge in [0, 0.05) is 39.1 Å². The van der Waals surface area contributed by atoms with E-state index in [-0.39, 0.29) is 13.2 Å². The highest BCUT2D eigenvalue weighted by Gasteiger charge is 2.06. The van der Waals surface area contributed by atoms with Crippen molar-refractivity contribution in [3.63, 3.8) is 0 Å². The van der Waals surface area contributed by atoms with Gasteiger partial charge >= 0.3 is 0 Å². The maximum Gasteiger partial charge on any atom is 0.0606 e. The predicted molar refractivity (Wildman–Crippen MR) is 102 cm³/mol. The van der Waals surface area contributed by atoms with Gasteiger partial charge in [0.1, 0.15) is 0 Å². The molecule has 0 aromatic heterocycles. The van der Waals surface area contributed by atoms with Gasteiger partial charge < -0.3 is 15.1 Å². The summed E-state index contributed by atoms with van der Waals surface area (Å²) < 4.78 is 0. The lowest BCUT2D eigenvalue weighted by molar-refractivity contribution is 0.281. The number of aliphatic imine (C=N–C) groups is 1. The van der Waals surface area contributed by atoms with Gasteiger partial charge in [0.15, 0.2) is 0 Å². The third-order valence-electron chi connectivity index (χ3n) is 3.36. The normalized spacial score (nSPS) is 12.1. The minimum Gasteiger partial charge on any atom is -0.395 e. The Morgan fingerprint density at radius 3 is 2.21 bits per heavy atom. The fourth-order valence-electron chi connectivity index (χ4n) is 2.03. The maximum absolute atomic E-state index is 9.10. The lowest BCUT2D eigenvalue weighted by Crippen LogP contribution is -2.29. The van der Waals surface area contributed by atoms with E-state index in [0.717, 1.165) is 16.9 Å². The zero-order valence-electron chi connectivity index (χ0n) is 14.3. The number of hydrogen-bond acceptors (Lipinski definition) is 6. The highest BCUT2D eigenvalue weighted by molar-refractivity contribution is 5.89. The van der Waals surface area contributed by atoms with Crippen molar-refractivity contribution in [2.45, 2.75) is 0 Å². The molecule has 0 aliphatic heterocycles. The Kier molecular flexibility index (Phi) is 9.11. The number of allylic oxidation sites excluding steroid dienone is 3. The third kappa shape index (κ3) is 6.36. The standard InChI is InChI=1S/C18H26N4O2/c1-4-16(9-10-19-2)15-20-21(3)17-5-7-18(8-6-17)22(11-13-23)12-14-24/h4-10,15,23-24H,1,11-14H2,2-3H3/b16-9+,19-10?,20-15+. The molecule has 1 rings (SSSR count). The number of hydrazone groups is 1. The third-order valence-corrected chi connectivity index (χ3v) is 3.36. The number of nitrogens with zero attached hydrogens (tertiary/aromatic N) is 4. The van der Waals surface area contributed by atoms with Crippen LogP contribution in [0.5, 0.6) is 0 Å². The van der Waals surface area contributed by atoms with Gasteiger partial charge in [-0.25, -0.2) is 0 Å². The summed E-state index contributed by atoms with van der Waals surface area (Å²) in [7, 11) is 3.57. The molecule has 0 radical (unpaired) electrons. The number of anilines is 2. The Bertz CT molecular complexity index is 573. The fourth-order valence-corrected chi connectivity index (χ4v) is 2.03. The van der Waals surface area contributed by atoms with Crippen LogP contribution in [0.1, 0.15) is 0 Å². The number of hydrogen-bond donors (Lipinski definition) is 2. The number of rotatable bonds is 10. The van der Waals surface area contributed by atoms with Gasteiger partial charge in [-0.1, -0.05) is 12.7 Å². The van der Waals surface area contributed by atoms with Crippen LogP contribution in [0, 0.1) is 0 Å². The molecule has 0 bridgehead atoms. The molecule has 0 amide bonds. The molecule has 0 aliphatic carbocycles. The van der Waals surface area contributed by atoms with Crippen LogP contribution >= 0.6 is 0 Å². The summed E-state index contributed by atoms with van der Waals surface area (Å²) in [5, 5.41) is 24.3. The molecule has 0 unspecified atom stereocenters. The minimum absolute atomic E-state index is 0.0453. The van der Waals surface area contributed by atoms with E-state index in [1.165, 1.54) is 0 Å². The zero-order chi connectivity index (χ0) is 17.8. The van der Waals surface area contributed by atoms with Crippen LogP contribution in [0.4, 0.5) is 11.4 Å². The molecule has 0 heterocycles. The van der Waals surface area contributed by atoms with Crippen molar-refractivity contribution < 1.29 is 10.2 Å². The second kappa shape index (κ2) is 11.2. The van der Waals surface area contributed by atoms with Crippen molar-refractivity contribution in [3.8, 4) is 0 Å². The Balaban J connectivity index is 2.82.